The number of rotatable bonds is 9. The minimum absolute atomic E-state index is 0.0983. The molecule has 1 aromatic carbocycles. The molecule has 0 heterocycles. The van der Waals surface area contributed by atoms with Crippen molar-refractivity contribution in [3.63, 3.8) is 0 Å². The Bertz CT molecular complexity index is 403. The van der Waals surface area contributed by atoms with Gasteiger partial charge < -0.3 is 5.32 Å². The maximum atomic E-state index is 12.5. The third kappa shape index (κ3) is 5.88. The molecule has 0 radical (unpaired) electrons. The number of hydrogen-bond acceptors (Lipinski definition) is 2. The molecule has 3 heteroatoms. The molecule has 1 aromatic rings. The molecule has 0 fully saturated rings. The summed E-state index contributed by atoms with van der Waals surface area (Å²) in [4.78, 5) is 14.5. The molecule has 0 aliphatic heterocycles. The van der Waals surface area contributed by atoms with E-state index in [1.54, 1.807) is 0 Å². The summed E-state index contributed by atoms with van der Waals surface area (Å²) in [6, 6.07) is 9.75. The minimum Gasteiger partial charge on any atom is -0.354 e. The summed E-state index contributed by atoms with van der Waals surface area (Å²) in [6.45, 7) is 5.20. The second kappa shape index (κ2) is 9.56. The number of benzene rings is 1. The van der Waals surface area contributed by atoms with Gasteiger partial charge in [0.25, 0.3) is 0 Å². The monoisotopic (exact) mass is 290 g/mol. The normalized spacial score (nSPS) is 14.0. The van der Waals surface area contributed by atoms with E-state index in [1.807, 2.05) is 49.3 Å². The molecule has 21 heavy (non-hydrogen) atoms. The van der Waals surface area contributed by atoms with Gasteiger partial charge in [0, 0.05) is 6.54 Å². The van der Waals surface area contributed by atoms with Crippen LogP contribution in [0.3, 0.4) is 0 Å². The van der Waals surface area contributed by atoms with Crippen LogP contribution in [-0.4, -0.2) is 31.4 Å². The Morgan fingerprint density at radius 1 is 1.19 bits per heavy atom. The van der Waals surface area contributed by atoms with E-state index in [1.165, 1.54) is 19.3 Å². The molecule has 0 aliphatic carbocycles. The van der Waals surface area contributed by atoms with Crippen LogP contribution in [0.2, 0.25) is 0 Å². The number of hydrogen-bond donors (Lipinski definition) is 1. The molecule has 1 amide bonds. The minimum atomic E-state index is -0.213. The van der Waals surface area contributed by atoms with E-state index >= 15 is 0 Å². The Kier molecular flexibility index (Phi) is 8.06. The summed E-state index contributed by atoms with van der Waals surface area (Å²) in [6.07, 6.45) is 4.78. The molecular weight excluding hydrogens is 260 g/mol. The summed E-state index contributed by atoms with van der Waals surface area (Å²) < 4.78 is 0. The van der Waals surface area contributed by atoms with Gasteiger partial charge in [-0.2, -0.15) is 0 Å². The van der Waals surface area contributed by atoms with E-state index in [0.29, 0.717) is 5.92 Å². The zero-order valence-corrected chi connectivity index (χ0v) is 13.9. The second-order valence-electron chi connectivity index (χ2n) is 5.94. The van der Waals surface area contributed by atoms with Crippen LogP contribution in [0.1, 0.15) is 51.1 Å². The number of carbonyl (C=O) groups excluding carboxylic acids is 1. The maximum Gasteiger partial charge on any atom is 0.241 e. The first-order valence-corrected chi connectivity index (χ1v) is 8.09. The predicted molar refractivity (Wildman–Crippen MR) is 89.2 cm³/mol. The highest BCUT2D eigenvalue weighted by atomic mass is 16.2. The van der Waals surface area contributed by atoms with Crippen molar-refractivity contribution in [2.45, 2.75) is 45.6 Å². The summed E-state index contributed by atoms with van der Waals surface area (Å²) in [5.41, 5.74) is 1.04. The average Bonchev–Trinajstić information content (AvgIpc) is 2.48. The standard InChI is InChI=1S/C18H30N2O/c1-5-7-11-15(6-2)14-19-18(21)17(20(3)4)16-12-9-8-10-13-16/h8-10,12-13,15,17H,5-7,11,14H2,1-4H3,(H,19,21)/t15-,17-/m0/s1. The molecule has 0 spiro atoms. The van der Waals surface area contributed by atoms with Crippen LogP contribution >= 0.6 is 0 Å². The van der Waals surface area contributed by atoms with Crippen LogP contribution in [0, 0.1) is 5.92 Å². The van der Waals surface area contributed by atoms with Crippen molar-refractivity contribution in [1.82, 2.24) is 10.2 Å². The van der Waals surface area contributed by atoms with Gasteiger partial charge in [-0.1, -0.05) is 63.4 Å². The van der Waals surface area contributed by atoms with Crippen molar-refractivity contribution in [1.29, 1.82) is 0 Å². The summed E-state index contributed by atoms with van der Waals surface area (Å²) in [7, 11) is 3.90. The molecule has 1 rings (SSSR count). The summed E-state index contributed by atoms with van der Waals surface area (Å²) in [5.74, 6) is 0.689. The van der Waals surface area contributed by atoms with E-state index in [2.05, 4.69) is 19.2 Å². The first-order valence-electron chi connectivity index (χ1n) is 8.09. The van der Waals surface area contributed by atoms with E-state index in [9.17, 15) is 4.79 Å². The molecule has 0 aliphatic rings. The second-order valence-corrected chi connectivity index (χ2v) is 5.94. The fourth-order valence-corrected chi connectivity index (χ4v) is 2.60. The summed E-state index contributed by atoms with van der Waals surface area (Å²) >= 11 is 0. The Morgan fingerprint density at radius 3 is 2.38 bits per heavy atom. The zero-order valence-electron chi connectivity index (χ0n) is 13.9. The van der Waals surface area contributed by atoms with Crippen molar-refractivity contribution in [2.24, 2.45) is 5.92 Å². The Morgan fingerprint density at radius 2 is 1.86 bits per heavy atom. The third-order valence-electron chi connectivity index (χ3n) is 3.99. The highest BCUT2D eigenvalue weighted by Crippen LogP contribution is 2.18. The van der Waals surface area contributed by atoms with Gasteiger partial charge in [0.15, 0.2) is 0 Å². The van der Waals surface area contributed by atoms with Gasteiger partial charge in [-0.05, 0) is 32.0 Å². The smallest absolute Gasteiger partial charge is 0.241 e. The molecule has 0 bridgehead atoms. The summed E-state index contributed by atoms with van der Waals surface area (Å²) in [5, 5.41) is 3.14. The van der Waals surface area contributed by atoms with Gasteiger partial charge in [-0.25, -0.2) is 0 Å². The van der Waals surface area contributed by atoms with Crippen molar-refractivity contribution < 1.29 is 4.79 Å². The zero-order chi connectivity index (χ0) is 15.7. The molecule has 0 aromatic heterocycles. The van der Waals surface area contributed by atoms with E-state index in [0.717, 1.165) is 18.5 Å². The average molecular weight is 290 g/mol. The lowest BCUT2D eigenvalue weighted by molar-refractivity contribution is -0.126. The van der Waals surface area contributed by atoms with Crippen LogP contribution in [0.5, 0.6) is 0 Å². The van der Waals surface area contributed by atoms with Gasteiger partial charge in [0.2, 0.25) is 5.91 Å². The van der Waals surface area contributed by atoms with E-state index in [4.69, 9.17) is 0 Å². The molecule has 1 N–H and O–H groups in total. The number of likely N-dealkylation sites (N-methyl/N-ethyl adjacent to an activating group) is 1. The Balaban J connectivity index is 2.62. The number of unbranched alkanes of at least 4 members (excludes halogenated alkanes) is 1. The largest absolute Gasteiger partial charge is 0.354 e. The van der Waals surface area contributed by atoms with E-state index < -0.39 is 0 Å². The topological polar surface area (TPSA) is 32.3 Å². The van der Waals surface area contributed by atoms with Crippen molar-refractivity contribution in [3.8, 4) is 0 Å². The number of nitrogens with zero attached hydrogens (tertiary/aromatic N) is 1. The fourth-order valence-electron chi connectivity index (χ4n) is 2.60. The predicted octanol–water partition coefficient (Wildman–Crippen LogP) is 3.62. The lowest BCUT2D eigenvalue weighted by atomic mass is 9.99. The molecule has 0 saturated heterocycles. The van der Waals surface area contributed by atoms with Crippen LogP contribution < -0.4 is 5.32 Å². The molecule has 0 unspecified atom stereocenters. The first kappa shape index (κ1) is 17.7. The molecule has 2 atom stereocenters. The van der Waals surface area contributed by atoms with Gasteiger partial charge >= 0.3 is 0 Å². The van der Waals surface area contributed by atoms with Gasteiger partial charge in [-0.3, -0.25) is 9.69 Å². The number of carbonyl (C=O) groups is 1. The number of amides is 1. The Labute approximate surface area is 129 Å². The lowest BCUT2D eigenvalue weighted by Crippen LogP contribution is -2.39. The van der Waals surface area contributed by atoms with Crippen LogP contribution in [0.15, 0.2) is 30.3 Å². The molecule has 3 nitrogen and oxygen atoms in total. The lowest BCUT2D eigenvalue weighted by Gasteiger charge is -2.25. The van der Waals surface area contributed by atoms with Crippen LogP contribution in [0.25, 0.3) is 0 Å². The van der Waals surface area contributed by atoms with Gasteiger partial charge in [0.1, 0.15) is 6.04 Å². The van der Waals surface area contributed by atoms with Gasteiger partial charge in [0.05, 0.1) is 0 Å². The fraction of sp³-hybridized carbons (Fsp3) is 0.611. The van der Waals surface area contributed by atoms with Gasteiger partial charge in [-0.15, -0.1) is 0 Å². The third-order valence-corrected chi connectivity index (χ3v) is 3.99. The highest BCUT2D eigenvalue weighted by Gasteiger charge is 2.22. The van der Waals surface area contributed by atoms with Crippen molar-refractivity contribution >= 4 is 5.91 Å². The quantitative estimate of drug-likeness (QED) is 0.753. The first-order chi connectivity index (χ1) is 10.1. The SMILES string of the molecule is CCCC[C@H](CC)CNC(=O)[C@H](c1ccccc1)N(C)C. The van der Waals surface area contributed by atoms with Crippen LogP contribution in [0.4, 0.5) is 0 Å². The van der Waals surface area contributed by atoms with Crippen molar-refractivity contribution in [3.05, 3.63) is 35.9 Å². The van der Waals surface area contributed by atoms with Crippen LogP contribution in [-0.2, 0) is 4.79 Å². The van der Waals surface area contributed by atoms with E-state index in [-0.39, 0.29) is 11.9 Å². The number of nitrogens with one attached hydrogen (secondary N) is 1. The molecule has 118 valence electrons. The van der Waals surface area contributed by atoms with Crippen molar-refractivity contribution in [2.75, 3.05) is 20.6 Å². The molecule has 0 saturated carbocycles. The highest BCUT2D eigenvalue weighted by molar-refractivity contribution is 5.83. The molecular formula is C18H30N2O. The Hall–Kier alpha value is -1.35. The maximum absolute atomic E-state index is 12.5.